The number of anilines is 1. The number of nitrogens with one attached hydrogen (secondary N) is 2. The van der Waals surface area contributed by atoms with E-state index < -0.39 is 0 Å². The number of unbranched alkanes of at least 4 members (excludes halogenated alkanes) is 1. The topological polar surface area (TPSA) is 93.2 Å². The van der Waals surface area contributed by atoms with Gasteiger partial charge in [-0.05, 0) is 30.7 Å². The minimum Gasteiger partial charge on any atom is -0.494 e. The highest BCUT2D eigenvalue weighted by atomic mass is 32.1. The van der Waals surface area contributed by atoms with Crippen molar-refractivity contribution in [2.75, 3.05) is 18.5 Å². The van der Waals surface area contributed by atoms with Crippen LogP contribution in [0, 0.1) is 0 Å². The van der Waals surface area contributed by atoms with Crippen molar-refractivity contribution in [3.63, 3.8) is 0 Å². The van der Waals surface area contributed by atoms with Gasteiger partial charge < -0.3 is 10.1 Å². The maximum Gasteiger partial charge on any atom is 0.251 e. The first-order valence-corrected chi connectivity index (χ1v) is 9.45. The van der Waals surface area contributed by atoms with Crippen molar-refractivity contribution in [1.29, 1.82) is 0 Å². The number of amides is 2. The zero-order chi connectivity index (χ0) is 18.9. The molecule has 0 saturated heterocycles. The van der Waals surface area contributed by atoms with Crippen LogP contribution in [0.2, 0.25) is 0 Å². The Morgan fingerprint density at radius 1 is 1.19 bits per heavy atom. The molecule has 0 fully saturated rings. The normalized spacial score (nSPS) is 10.6. The Morgan fingerprint density at radius 3 is 2.54 bits per heavy atom. The van der Waals surface area contributed by atoms with E-state index in [9.17, 15) is 9.59 Å². The van der Waals surface area contributed by atoms with Crippen LogP contribution in [0.25, 0.3) is 0 Å². The van der Waals surface area contributed by atoms with Crippen molar-refractivity contribution < 1.29 is 14.3 Å². The number of hydrogen-bond donors (Lipinski definition) is 2. The summed E-state index contributed by atoms with van der Waals surface area (Å²) in [5, 5.41) is 14.4. The molecule has 0 aliphatic heterocycles. The molecule has 26 heavy (non-hydrogen) atoms. The number of hydrogen-bond acceptors (Lipinski definition) is 6. The molecule has 0 aliphatic carbocycles. The van der Waals surface area contributed by atoms with Gasteiger partial charge in [-0.2, -0.15) is 0 Å². The second kappa shape index (κ2) is 9.86. The molecule has 2 rings (SSSR count). The third-order valence-electron chi connectivity index (χ3n) is 3.47. The quantitative estimate of drug-likeness (QED) is 0.656. The van der Waals surface area contributed by atoms with Crippen molar-refractivity contribution in [1.82, 2.24) is 15.5 Å². The standard InChI is InChI=1S/C18H24N4O3S/c1-4-5-10-25-14-8-6-13(7-9-14)16(24)19-11-15(23)20-18-22-21-17(26-18)12(2)3/h6-9,12H,4-5,10-11H2,1-3H3,(H,19,24)(H,20,22,23). The van der Waals surface area contributed by atoms with Gasteiger partial charge in [-0.25, -0.2) is 0 Å². The van der Waals surface area contributed by atoms with Gasteiger partial charge in [0.15, 0.2) is 0 Å². The Kier molecular flexibility index (Phi) is 7.53. The lowest BCUT2D eigenvalue weighted by molar-refractivity contribution is -0.115. The number of nitrogens with zero attached hydrogens (tertiary/aromatic N) is 2. The van der Waals surface area contributed by atoms with Gasteiger partial charge in [0.2, 0.25) is 11.0 Å². The molecule has 0 radical (unpaired) electrons. The Morgan fingerprint density at radius 2 is 1.92 bits per heavy atom. The highest BCUT2D eigenvalue weighted by Gasteiger charge is 2.12. The van der Waals surface area contributed by atoms with Gasteiger partial charge in [0.25, 0.3) is 5.91 Å². The third kappa shape index (κ3) is 6.11. The first kappa shape index (κ1) is 19.8. The van der Waals surface area contributed by atoms with Gasteiger partial charge in [-0.15, -0.1) is 10.2 Å². The van der Waals surface area contributed by atoms with Crippen LogP contribution >= 0.6 is 11.3 Å². The zero-order valence-corrected chi connectivity index (χ0v) is 16.1. The molecule has 1 aromatic carbocycles. The molecule has 1 aromatic heterocycles. The van der Waals surface area contributed by atoms with Crippen LogP contribution in [0.1, 0.15) is 54.9 Å². The molecule has 0 bridgehead atoms. The van der Waals surface area contributed by atoms with E-state index in [-0.39, 0.29) is 24.3 Å². The largest absolute Gasteiger partial charge is 0.494 e. The summed E-state index contributed by atoms with van der Waals surface area (Å²) < 4.78 is 5.56. The minimum atomic E-state index is -0.343. The van der Waals surface area contributed by atoms with Crippen LogP contribution in [0.3, 0.4) is 0 Å². The molecule has 2 N–H and O–H groups in total. The molecular weight excluding hydrogens is 352 g/mol. The van der Waals surface area contributed by atoms with E-state index in [0.29, 0.717) is 17.3 Å². The van der Waals surface area contributed by atoms with Gasteiger partial charge in [-0.3, -0.25) is 14.9 Å². The van der Waals surface area contributed by atoms with Crippen LogP contribution < -0.4 is 15.4 Å². The van der Waals surface area contributed by atoms with E-state index in [2.05, 4.69) is 27.8 Å². The van der Waals surface area contributed by atoms with Crippen molar-refractivity contribution in [3.05, 3.63) is 34.8 Å². The lowest BCUT2D eigenvalue weighted by Gasteiger charge is -2.07. The van der Waals surface area contributed by atoms with Crippen LogP contribution in [0.4, 0.5) is 5.13 Å². The lowest BCUT2D eigenvalue weighted by Crippen LogP contribution is -2.32. The third-order valence-corrected chi connectivity index (χ3v) is 4.61. The number of aromatic nitrogens is 2. The molecule has 0 saturated carbocycles. The van der Waals surface area contributed by atoms with E-state index in [4.69, 9.17) is 4.74 Å². The molecule has 0 spiro atoms. The molecular formula is C18H24N4O3S. The molecule has 7 nitrogen and oxygen atoms in total. The predicted octanol–water partition coefficient (Wildman–Crippen LogP) is 3.21. The average Bonchev–Trinajstić information content (AvgIpc) is 3.09. The summed E-state index contributed by atoms with van der Waals surface area (Å²) in [6.07, 6.45) is 2.06. The maximum atomic E-state index is 12.1. The molecule has 0 unspecified atom stereocenters. The highest BCUT2D eigenvalue weighted by Crippen LogP contribution is 2.22. The fourth-order valence-corrected chi connectivity index (χ4v) is 2.74. The van der Waals surface area contributed by atoms with Crippen LogP contribution in [0.15, 0.2) is 24.3 Å². The minimum absolute atomic E-state index is 0.135. The van der Waals surface area contributed by atoms with Crippen molar-refractivity contribution in [2.24, 2.45) is 0 Å². The highest BCUT2D eigenvalue weighted by molar-refractivity contribution is 7.15. The van der Waals surface area contributed by atoms with Gasteiger partial charge in [-0.1, -0.05) is 38.5 Å². The summed E-state index contributed by atoms with van der Waals surface area (Å²) in [6.45, 7) is 6.64. The Balaban J connectivity index is 1.78. The molecule has 8 heteroatoms. The molecule has 2 aromatic rings. The van der Waals surface area contributed by atoms with Gasteiger partial charge in [0, 0.05) is 11.5 Å². The van der Waals surface area contributed by atoms with Crippen molar-refractivity contribution in [3.8, 4) is 5.75 Å². The smallest absolute Gasteiger partial charge is 0.251 e. The maximum absolute atomic E-state index is 12.1. The van der Waals surface area contributed by atoms with Crippen LogP contribution in [0.5, 0.6) is 5.75 Å². The molecule has 0 aliphatic rings. The van der Waals surface area contributed by atoms with E-state index in [1.807, 2.05) is 13.8 Å². The second-order valence-corrected chi connectivity index (χ2v) is 7.07. The average molecular weight is 376 g/mol. The fraction of sp³-hybridized carbons (Fsp3) is 0.444. The van der Waals surface area contributed by atoms with E-state index >= 15 is 0 Å². The van der Waals surface area contributed by atoms with Gasteiger partial charge >= 0.3 is 0 Å². The number of ether oxygens (including phenoxy) is 1. The summed E-state index contributed by atoms with van der Waals surface area (Å²) in [5.74, 6) is 0.321. The Labute approximate surface area is 157 Å². The van der Waals surface area contributed by atoms with Crippen LogP contribution in [-0.2, 0) is 4.79 Å². The SMILES string of the molecule is CCCCOc1ccc(C(=O)NCC(=O)Nc2nnc(C(C)C)s2)cc1. The van der Waals surface area contributed by atoms with Crippen LogP contribution in [-0.4, -0.2) is 35.2 Å². The molecule has 1 heterocycles. The first-order chi connectivity index (χ1) is 12.5. The summed E-state index contributed by atoms with van der Waals surface area (Å²) in [5.41, 5.74) is 0.471. The summed E-state index contributed by atoms with van der Waals surface area (Å²) in [6, 6.07) is 6.85. The summed E-state index contributed by atoms with van der Waals surface area (Å²) in [7, 11) is 0. The number of carbonyl (C=O) groups excluding carboxylic acids is 2. The van der Waals surface area contributed by atoms with Gasteiger partial charge in [0.05, 0.1) is 13.2 Å². The monoisotopic (exact) mass is 376 g/mol. The van der Waals surface area contributed by atoms with Crippen molar-refractivity contribution in [2.45, 2.75) is 39.5 Å². The number of carbonyl (C=O) groups is 2. The Bertz CT molecular complexity index is 728. The molecule has 140 valence electrons. The van der Waals surface area contributed by atoms with E-state index in [1.54, 1.807) is 24.3 Å². The van der Waals surface area contributed by atoms with E-state index in [0.717, 1.165) is 23.6 Å². The van der Waals surface area contributed by atoms with Gasteiger partial charge in [0.1, 0.15) is 10.8 Å². The first-order valence-electron chi connectivity index (χ1n) is 8.64. The van der Waals surface area contributed by atoms with Crippen molar-refractivity contribution >= 4 is 28.3 Å². The lowest BCUT2D eigenvalue weighted by atomic mass is 10.2. The number of rotatable bonds is 9. The summed E-state index contributed by atoms with van der Waals surface area (Å²) in [4.78, 5) is 24.0. The molecule has 0 atom stereocenters. The van der Waals surface area contributed by atoms with E-state index in [1.165, 1.54) is 11.3 Å². The predicted molar refractivity (Wildman–Crippen MR) is 102 cm³/mol. The summed E-state index contributed by atoms with van der Waals surface area (Å²) >= 11 is 1.33. The molecule has 2 amide bonds. The number of benzene rings is 1. The fourth-order valence-electron chi connectivity index (χ4n) is 1.98. The second-order valence-electron chi connectivity index (χ2n) is 6.06. The zero-order valence-electron chi connectivity index (χ0n) is 15.2. The Hall–Kier alpha value is -2.48.